The van der Waals surface area contributed by atoms with Crippen molar-refractivity contribution in [3.63, 3.8) is 0 Å². The van der Waals surface area contributed by atoms with Gasteiger partial charge in [0.05, 0.1) is 20.5 Å². The van der Waals surface area contributed by atoms with E-state index in [-0.39, 0.29) is 16.8 Å². The molecule has 4 nitrogen and oxygen atoms in total. The summed E-state index contributed by atoms with van der Waals surface area (Å²) in [6.45, 7) is 0. The van der Waals surface area contributed by atoms with Crippen molar-refractivity contribution in [1.82, 2.24) is 5.01 Å². The average molecular weight is 398 g/mol. The summed E-state index contributed by atoms with van der Waals surface area (Å²) >= 11 is 17.8. The Kier molecular flexibility index (Phi) is 5.32. The minimum Gasteiger partial charge on any atom is -0.355 e. The monoisotopic (exact) mass is 397 g/mol. The van der Waals surface area contributed by atoms with E-state index in [1.165, 1.54) is 16.8 Å². The number of nitrogens with zero attached hydrogens (tertiary/aromatic N) is 1. The Labute approximate surface area is 159 Å². The van der Waals surface area contributed by atoms with Crippen molar-refractivity contribution in [1.29, 1.82) is 0 Å². The van der Waals surface area contributed by atoms with Crippen molar-refractivity contribution < 1.29 is 4.79 Å². The minimum absolute atomic E-state index is 0.249. The highest BCUT2D eigenvalue weighted by atomic mass is 35.5. The maximum Gasteiger partial charge on any atom is 0.204 e. The Morgan fingerprint density at radius 2 is 1.79 bits per heavy atom. The lowest BCUT2D eigenvalue weighted by molar-refractivity contribution is 0.104. The first-order valence-electron chi connectivity index (χ1n) is 6.91. The molecule has 1 unspecified atom stereocenters. The van der Waals surface area contributed by atoms with E-state index in [2.05, 4.69) is 17.9 Å². The molecule has 0 fully saturated rings. The molecular weight excluding hydrogens is 385 g/mol. The predicted molar refractivity (Wildman–Crippen MR) is 104 cm³/mol. The molecule has 3 N–H and O–H groups in total. The smallest absolute Gasteiger partial charge is 0.204 e. The summed E-state index contributed by atoms with van der Waals surface area (Å²) < 4.78 is 0. The number of carbonyl (C=O) groups is 1. The number of Topliss-reactive ketones (excluding diaryl/α,β-unsaturated/α-hetero) is 1. The summed E-state index contributed by atoms with van der Waals surface area (Å²) in [5, 5.41) is 5.32. The summed E-state index contributed by atoms with van der Waals surface area (Å²) in [7, 11) is 0. The van der Waals surface area contributed by atoms with Gasteiger partial charge < -0.3 is 5.32 Å². The minimum atomic E-state index is -0.309. The molecule has 1 aliphatic rings. The van der Waals surface area contributed by atoms with Gasteiger partial charge in [0.1, 0.15) is 0 Å². The molecule has 0 saturated carbocycles. The molecule has 8 heteroatoms. The Morgan fingerprint density at radius 3 is 2.42 bits per heavy atom. The van der Waals surface area contributed by atoms with Crippen LogP contribution >= 0.6 is 47.6 Å². The third-order valence-electron chi connectivity index (χ3n) is 3.35. The van der Waals surface area contributed by atoms with Gasteiger partial charge in [-0.3, -0.25) is 9.80 Å². The predicted octanol–water partition coefficient (Wildman–Crippen LogP) is 4.62. The van der Waals surface area contributed by atoms with E-state index in [1.54, 1.807) is 24.4 Å². The van der Waals surface area contributed by atoms with Crippen LogP contribution in [0.1, 0.15) is 10.4 Å². The molecule has 0 saturated heterocycles. The van der Waals surface area contributed by atoms with E-state index in [0.717, 1.165) is 10.6 Å². The van der Waals surface area contributed by atoms with E-state index in [0.29, 0.717) is 15.0 Å². The number of thiol groups is 1. The van der Waals surface area contributed by atoms with Crippen LogP contribution in [0.25, 0.3) is 0 Å². The summed E-state index contributed by atoms with van der Waals surface area (Å²) in [5.74, 6) is 5.73. The number of hydrogen-bond donors (Lipinski definition) is 3. The van der Waals surface area contributed by atoms with Gasteiger partial charge in [0, 0.05) is 16.8 Å². The van der Waals surface area contributed by atoms with Crippen LogP contribution in [0.2, 0.25) is 10.0 Å². The molecule has 0 aromatic heterocycles. The second kappa shape index (κ2) is 7.29. The molecule has 0 radical (unpaired) electrons. The Balaban J connectivity index is 1.76. The second-order valence-electron chi connectivity index (χ2n) is 5.03. The number of allylic oxidation sites excluding steroid dienone is 1. The molecule has 0 amide bonds. The highest BCUT2D eigenvalue weighted by Gasteiger charge is 2.29. The molecule has 3 rings (SSSR count). The van der Waals surface area contributed by atoms with Crippen LogP contribution in [0.5, 0.6) is 0 Å². The number of hydrazine groups is 1. The van der Waals surface area contributed by atoms with Crippen LogP contribution in [0.3, 0.4) is 0 Å². The molecular formula is C16H13Cl2N3OS2. The molecule has 1 heterocycles. The number of nitrogens with one attached hydrogen (secondary N) is 1. The van der Waals surface area contributed by atoms with Gasteiger partial charge in [-0.25, -0.2) is 5.84 Å². The lowest BCUT2D eigenvalue weighted by atomic mass is 10.1. The summed E-state index contributed by atoms with van der Waals surface area (Å²) in [6.07, 6.45) is 1.58. The molecule has 1 atom stereocenters. The highest BCUT2D eigenvalue weighted by molar-refractivity contribution is 8.04. The number of hydrogen-bond acceptors (Lipinski definition) is 6. The van der Waals surface area contributed by atoms with Crippen LogP contribution < -0.4 is 11.2 Å². The third-order valence-corrected chi connectivity index (χ3v) is 5.40. The molecule has 2 aromatic carbocycles. The SMILES string of the molecule is NN1C=C(C(=O)c2c(Cl)cccc2Cl)SC1Nc1ccc(S)cc1. The fraction of sp³-hybridized carbons (Fsp3) is 0.0625. The van der Waals surface area contributed by atoms with Gasteiger partial charge in [-0.15, -0.1) is 12.6 Å². The molecule has 0 bridgehead atoms. The largest absolute Gasteiger partial charge is 0.355 e. The van der Waals surface area contributed by atoms with Crippen molar-refractivity contribution in [2.24, 2.45) is 5.84 Å². The zero-order chi connectivity index (χ0) is 17.3. The van der Waals surface area contributed by atoms with Crippen LogP contribution in [0.15, 0.2) is 58.5 Å². The van der Waals surface area contributed by atoms with Crippen molar-refractivity contribution in [3.8, 4) is 0 Å². The van der Waals surface area contributed by atoms with Gasteiger partial charge in [0.2, 0.25) is 5.78 Å². The zero-order valence-electron chi connectivity index (χ0n) is 12.2. The number of benzene rings is 2. The van der Waals surface area contributed by atoms with E-state index in [9.17, 15) is 4.79 Å². The van der Waals surface area contributed by atoms with E-state index >= 15 is 0 Å². The Hall–Kier alpha value is -1.31. The van der Waals surface area contributed by atoms with Gasteiger partial charge in [-0.2, -0.15) is 0 Å². The first-order valence-corrected chi connectivity index (χ1v) is 9.00. The molecule has 1 aliphatic heterocycles. The first-order chi connectivity index (χ1) is 11.5. The highest BCUT2D eigenvalue weighted by Crippen LogP contribution is 2.36. The van der Waals surface area contributed by atoms with E-state index < -0.39 is 0 Å². The number of anilines is 1. The summed E-state index contributed by atoms with van der Waals surface area (Å²) in [5.41, 5.74) is 0.850. The van der Waals surface area contributed by atoms with Crippen molar-refractivity contribution >= 4 is 59.1 Å². The molecule has 24 heavy (non-hydrogen) atoms. The maximum absolute atomic E-state index is 12.7. The van der Waals surface area contributed by atoms with E-state index in [1.807, 2.05) is 24.3 Å². The lowest BCUT2D eigenvalue weighted by Gasteiger charge is -2.21. The normalized spacial score (nSPS) is 16.9. The Bertz CT molecular complexity index is 791. The molecule has 0 aliphatic carbocycles. The molecule has 2 aromatic rings. The fourth-order valence-corrected chi connectivity index (χ4v) is 3.90. The first kappa shape index (κ1) is 17.5. The maximum atomic E-state index is 12.7. The number of thioether (sulfide) groups is 1. The van der Waals surface area contributed by atoms with Gasteiger partial charge in [0.25, 0.3) is 0 Å². The van der Waals surface area contributed by atoms with Crippen molar-refractivity contribution in [2.75, 3.05) is 5.32 Å². The second-order valence-corrected chi connectivity index (χ2v) is 7.48. The van der Waals surface area contributed by atoms with Crippen LogP contribution in [-0.4, -0.2) is 16.3 Å². The van der Waals surface area contributed by atoms with Crippen molar-refractivity contribution in [3.05, 3.63) is 69.2 Å². The third kappa shape index (κ3) is 3.68. The molecule has 0 spiro atoms. The standard InChI is InChI=1S/C16H13Cl2N3OS2/c17-11-2-1-3-12(18)14(11)15(22)13-8-21(19)16(24-13)20-9-4-6-10(23)7-5-9/h1-8,16,20,23H,19H2. The van der Waals surface area contributed by atoms with Crippen molar-refractivity contribution in [2.45, 2.75) is 10.4 Å². The van der Waals surface area contributed by atoms with Gasteiger partial charge in [-0.1, -0.05) is 41.0 Å². The van der Waals surface area contributed by atoms with Gasteiger partial charge in [-0.05, 0) is 36.4 Å². The summed E-state index contributed by atoms with van der Waals surface area (Å²) in [4.78, 5) is 14.0. The quantitative estimate of drug-likeness (QED) is 0.399. The topological polar surface area (TPSA) is 58.4 Å². The van der Waals surface area contributed by atoms with Gasteiger partial charge >= 0.3 is 0 Å². The van der Waals surface area contributed by atoms with Crippen LogP contribution in [0.4, 0.5) is 5.69 Å². The van der Waals surface area contributed by atoms with Crippen LogP contribution in [0, 0.1) is 0 Å². The molecule has 124 valence electrons. The number of rotatable bonds is 4. The number of nitrogens with two attached hydrogens (primary N) is 1. The number of ketones is 1. The van der Waals surface area contributed by atoms with Crippen LogP contribution in [-0.2, 0) is 0 Å². The number of carbonyl (C=O) groups excluding carboxylic acids is 1. The Morgan fingerprint density at radius 1 is 1.17 bits per heavy atom. The number of halogens is 2. The zero-order valence-corrected chi connectivity index (χ0v) is 15.5. The van der Waals surface area contributed by atoms with E-state index in [4.69, 9.17) is 29.0 Å². The fourth-order valence-electron chi connectivity index (χ4n) is 2.17. The summed E-state index contributed by atoms with van der Waals surface area (Å²) in [6, 6.07) is 12.5. The van der Waals surface area contributed by atoms with Gasteiger partial charge in [0.15, 0.2) is 5.50 Å². The average Bonchev–Trinajstić information content (AvgIpc) is 2.90. The lowest BCUT2D eigenvalue weighted by Crippen LogP contribution is -2.36.